The number of nitrogens with zero attached hydrogens (tertiary/aromatic N) is 3. The second-order valence-electron chi connectivity index (χ2n) is 5.78. The molecular formula is C15H24N4. The first-order chi connectivity index (χ1) is 9.26. The first kappa shape index (κ1) is 12.9. The van der Waals surface area contributed by atoms with Crippen LogP contribution in [0, 0.1) is 6.92 Å². The van der Waals surface area contributed by atoms with E-state index in [1.807, 2.05) is 6.92 Å². The highest BCUT2D eigenvalue weighted by atomic mass is 15.2. The first-order valence-corrected chi connectivity index (χ1v) is 7.61. The van der Waals surface area contributed by atoms with Gasteiger partial charge in [-0.25, -0.2) is 9.97 Å². The lowest BCUT2D eigenvalue weighted by molar-refractivity contribution is 0.192. The minimum Gasteiger partial charge on any atom is -0.366 e. The van der Waals surface area contributed by atoms with Gasteiger partial charge in [-0.05, 0) is 39.2 Å². The molecule has 2 atom stereocenters. The van der Waals surface area contributed by atoms with Crippen molar-refractivity contribution in [2.24, 2.45) is 0 Å². The number of hydrogen-bond acceptors (Lipinski definition) is 4. The molecule has 3 heterocycles. The molecule has 19 heavy (non-hydrogen) atoms. The van der Waals surface area contributed by atoms with Crippen LogP contribution < -0.4 is 5.32 Å². The van der Waals surface area contributed by atoms with Gasteiger partial charge in [-0.3, -0.25) is 4.90 Å². The normalized spacial score (nSPS) is 27.3. The molecule has 2 fully saturated rings. The van der Waals surface area contributed by atoms with Crippen LogP contribution in [-0.2, 0) is 6.42 Å². The molecule has 4 nitrogen and oxygen atoms in total. The molecule has 2 aliphatic rings. The Hall–Kier alpha value is -1.16. The predicted octanol–water partition coefficient (Wildman–Crippen LogP) is 2.39. The molecule has 1 N–H and O–H groups in total. The van der Waals surface area contributed by atoms with Gasteiger partial charge in [0.15, 0.2) is 0 Å². The molecule has 2 aliphatic heterocycles. The van der Waals surface area contributed by atoms with Gasteiger partial charge in [0.1, 0.15) is 11.6 Å². The van der Waals surface area contributed by atoms with Crippen molar-refractivity contribution < 1.29 is 0 Å². The van der Waals surface area contributed by atoms with E-state index in [1.54, 1.807) is 0 Å². The van der Waals surface area contributed by atoms with Crippen molar-refractivity contribution in [1.82, 2.24) is 14.9 Å². The van der Waals surface area contributed by atoms with Gasteiger partial charge in [0.05, 0.1) is 0 Å². The summed E-state index contributed by atoms with van der Waals surface area (Å²) in [4.78, 5) is 11.6. The summed E-state index contributed by atoms with van der Waals surface area (Å²) in [5, 5.41) is 3.66. The molecule has 0 bridgehead atoms. The van der Waals surface area contributed by atoms with E-state index < -0.39 is 0 Å². The lowest BCUT2D eigenvalue weighted by atomic mass is 9.99. The van der Waals surface area contributed by atoms with E-state index in [0.717, 1.165) is 23.8 Å². The Morgan fingerprint density at radius 1 is 1.26 bits per heavy atom. The first-order valence-electron chi connectivity index (χ1n) is 7.61. The van der Waals surface area contributed by atoms with Crippen LogP contribution in [0.4, 0.5) is 5.82 Å². The Morgan fingerprint density at radius 2 is 2.16 bits per heavy atom. The Balaban J connectivity index is 1.72. The fraction of sp³-hybridized carbons (Fsp3) is 0.733. The summed E-state index contributed by atoms with van der Waals surface area (Å²) in [7, 11) is 0. The Kier molecular flexibility index (Phi) is 3.69. The molecule has 0 aliphatic carbocycles. The molecule has 3 rings (SSSR count). The molecule has 0 saturated carbocycles. The van der Waals surface area contributed by atoms with Gasteiger partial charge in [-0.2, -0.15) is 0 Å². The van der Waals surface area contributed by atoms with Crippen LogP contribution in [0.1, 0.15) is 44.1 Å². The summed E-state index contributed by atoms with van der Waals surface area (Å²) in [6.07, 6.45) is 6.30. The highest BCUT2D eigenvalue weighted by Crippen LogP contribution is 2.29. The van der Waals surface area contributed by atoms with Crippen molar-refractivity contribution in [3.63, 3.8) is 0 Å². The van der Waals surface area contributed by atoms with Crippen LogP contribution in [0.25, 0.3) is 0 Å². The van der Waals surface area contributed by atoms with Crippen molar-refractivity contribution in [1.29, 1.82) is 0 Å². The highest BCUT2D eigenvalue weighted by Gasteiger charge is 2.35. The summed E-state index contributed by atoms with van der Waals surface area (Å²) < 4.78 is 0. The number of anilines is 1. The van der Waals surface area contributed by atoms with Crippen molar-refractivity contribution in [2.45, 2.75) is 58.0 Å². The standard InChI is InChI=1S/C15H24N4/c1-3-12-10-15(17-11(2)16-12)18-13-7-9-19-8-5-4-6-14(13)19/h10,13-14H,3-9H2,1-2H3,(H,16,17,18). The molecule has 0 aromatic carbocycles. The van der Waals surface area contributed by atoms with E-state index in [4.69, 9.17) is 0 Å². The number of fused-ring (bicyclic) bond motifs is 1. The van der Waals surface area contributed by atoms with Gasteiger partial charge < -0.3 is 5.32 Å². The zero-order valence-electron chi connectivity index (χ0n) is 12.0. The smallest absolute Gasteiger partial charge is 0.130 e. The van der Waals surface area contributed by atoms with Gasteiger partial charge in [-0.15, -0.1) is 0 Å². The van der Waals surface area contributed by atoms with Crippen LogP contribution in [0.3, 0.4) is 0 Å². The molecular weight excluding hydrogens is 236 g/mol. The third-order valence-corrected chi connectivity index (χ3v) is 4.44. The number of rotatable bonds is 3. The van der Waals surface area contributed by atoms with E-state index in [-0.39, 0.29) is 0 Å². The zero-order valence-corrected chi connectivity index (χ0v) is 12.0. The summed E-state index contributed by atoms with van der Waals surface area (Å²) >= 11 is 0. The molecule has 0 radical (unpaired) electrons. The van der Waals surface area contributed by atoms with E-state index in [9.17, 15) is 0 Å². The number of aromatic nitrogens is 2. The average molecular weight is 260 g/mol. The number of hydrogen-bond donors (Lipinski definition) is 1. The van der Waals surface area contributed by atoms with Gasteiger partial charge >= 0.3 is 0 Å². The zero-order chi connectivity index (χ0) is 13.2. The maximum absolute atomic E-state index is 4.54. The summed E-state index contributed by atoms with van der Waals surface area (Å²) in [5.74, 6) is 1.89. The van der Waals surface area contributed by atoms with E-state index in [2.05, 4.69) is 33.2 Å². The Morgan fingerprint density at radius 3 is 3.00 bits per heavy atom. The van der Waals surface area contributed by atoms with Crippen molar-refractivity contribution in [3.8, 4) is 0 Å². The lowest BCUT2D eigenvalue weighted by Gasteiger charge is -2.32. The molecule has 1 aromatic heterocycles. The van der Waals surface area contributed by atoms with Gasteiger partial charge in [0.2, 0.25) is 0 Å². The van der Waals surface area contributed by atoms with Crippen LogP contribution in [0.2, 0.25) is 0 Å². The molecule has 0 spiro atoms. The van der Waals surface area contributed by atoms with Gasteiger partial charge in [0, 0.05) is 30.4 Å². The minimum atomic E-state index is 0.569. The monoisotopic (exact) mass is 260 g/mol. The summed E-state index contributed by atoms with van der Waals surface area (Å²) in [6.45, 7) is 6.65. The predicted molar refractivity (Wildman–Crippen MR) is 77.4 cm³/mol. The largest absolute Gasteiger partial charge is 0.366 e. The fourth-order valence-corrected chi connectivity index (χ4v) is 3.49. The van der Waals surface area contributed by atoms with Gasteiger partial charge in [0.25, 0.3) is 0 Å². The van der Waals surface area contributed by atoms with Crippen molar-refractivity contribution in [3.05, 3.63) is 17.6 Å². The second kappa shape index (κ2) is 5.45. The number of nitrogens with one attached hydrogen (secondary N) is 1. The van der Waals surface area contributed by atoms with Gasteiger partial charge in [-0.1, -0.05) is 13.3 Å². The molecule has 4 heteroatoms. The summed E-state index contributed by atoms with van der Waals surface area (Å²) in [5.41, 5.74) is 1.13. The Bertz CT molecular complexity index is 446. The van der Waals surface area contributed by atoms with Crippen LogP contribution in [0.15, 0.2) is 6.07 Å². The van der Waals surface area contributed by atoms with E-state index in [0.29, 0.717) is 12.1 Å². The van der Waals surface area contributed by atoms with E-state index in [1.165, 1.54) is 38.8 Å². The molecule has 0 amide bonds. The van der Waals surface area contributed by atoms with Crippen LogP contribution >= 0.6 is 0 Å². The lowest BCUT2D eigenvalue weighted by Crippen LogP contribution is -2.41. The molecule has 2 saturated heterocycles. The topological polar surface area (TPSA) is 41.0 Å². The third-order valence-electron chi connectivity index (χ3n) is 4.44. The minimum absolute atomic E-state index is 0.569. The highest BCUT2D eigenvalue weighted by molar-refractivity contribution is 5.38. The quantitative estimate of drug-likeness (QED) is 0.906. The van der Waals surface area contributed by atoms with E-state index >= 15 is 0 Å². The molecule has 104 valence electrons. The third kappa shape index (κ3) is 2.73. The summed E-state index contributed by atoms with van der Waals surface area (Å²) in [6, 6.07) is 3.40. The molecule has 2 unspecified atom stereocenters. The second-order valence-corrected chi connectivity index (χ2v) is 5.78. The van der Waals surface area contributed by atoms with Crippen LogP contribution in [0.5, 0.6) is 0 Å². The number of piperidine rings is 1. The maximum atomic E-state index is 4.54. The SMILES string of the molecule is CCc1cc(NC2CCN3CCCCC23)nc(C)n1. The number of aryl methyl sites for hydroxylation is 2. The van der Waals surface area contributed by atoms with Crippen molar-refractivity contribution in [2.75, 3.05) is 18.4 Å². The maximum Gasteiger partial charge on any atom is 0.130 e. The fourth-order valence-electron chi connectivity index (χ4n) is 3.49. The Labute approximate surface area is 115 Å². The molecule has 1 aromatic rings. The average Bonchev–Trinajstić information content (AvgIpc) is 2.82. The van der Waals surface area contributed by atoms with Crippen LogP contribution in [-0.4, -0.2) is 40.0 Å². The van der Waals surface area contributed by atoms with Crippen molar-refractivity contribution >= 4 is 5.82 Å².